The van der Waals surface area contributed by atoms with Crippen LogP contribution in [0.5, 0.6) is 0 Å². The van der Waals surface area contributed by atoms with Crippen LogP contribution in [-0.2, 0) is 6.18 Å². The van der Waals surface area contributed by atoms with E-state index in [1.807, 2.05) is 0 Å². The highest BCUT2D eigenvalue weighted by Gasteiger charge is 2.35. The summed E-state index contributed by atoms with van der Waals surface area (Å²) in [5, 5.41) is 11.9. The monoisotopic (exact) mass is 303 g/mol. The quantitative estimate of drug-likeness (QED) is 0.721. The Balaban J connectivity index is 2.69. The van der Waals surface area contributed by atoms with Gasteiger partial charge in [-0.1, -0.05) is 26.7 Å². The first-order valence-corrected chi connectivity index (χ1v) is 6.90. The largest absolute Gasteiger partial charge is 0.478 e. The summed E-state index contributed by atoms with van der Waals surface area (Å²) in [6.45, 7) is 4.86. The van der Waals surface area contributed by atoms with Crippen LogP contribution in [0.2, 0.25) is 0 Å². The van der Waals surface area contributed by atoms with E-state index in [9.17, 15) is 18.0 Å². The number of carboxylic acid groups (broad SMARTS) is 1. The number of rotatable bonds is 7. The third-order valence-electron chi connectivity index (χ3n) is 3.09. The van der Waals surface area contributed by atoms with Crippen LogP contribution in [0.15, 0.2) is 18.2 Å². The molecule has 0 radical (unpaired) electrons. The molecule has 21 heavy (non-hydrogen) atoms. The van der Waals surface area contributed by atoms with Gasteiger partial charge in [0.15, 0.2) is 0 Å². The van der Waals surface area contributed by atoms with Crippen molar-refractivity contribution in [3.8, 4) is 0 Å². The fourth-order valence-electron chi connectivity index (χ4n) is 1.99. The second-order valence-corrected chi connectivity index (χ2v) is 5.38. The maximum Gasteiger partial charge on any atom is 0.417 e. The molecule has 1 rings (SSSR count). The second kappa shape index (κ2) is 7.33. The van der Waals surface area contributed by atoms with Gasteiger partial charge in [-0.2, -0.15) is 13.2 Å². The lowest BCUT2D eigenvalue weighted by Crippen LogP contribution is -2.13. The Morgan fingerprint density at radius 1 is 1.29 bits per heavy atom. The molecule has 0 aliphatic heterocycles. The Kier molecular flexibility index (Phi) is 6.05. The van der Waals surface area contributed by atoms with Crippen molar-refractivity contribution in [3.63, 3.8) is 0 Å². The van der Waals surface area contributed by atoms with Gasteiger partial charge in [-0.25, -0.2) is 4.79 Å². The fraction of sp³-hybridized carbons (Fsp3) is 0.533. The number of unbranched alkanes of at least 4 members (excludes halogenated alkanes) is 1. The molecular weight excluding hydrogens is 283 g/mol. The zero-order chi connectivity index (χ0) is 16.0. The summed E-state index contributed by atoms with van der Waals surface area (Å²) in [6.07, 6.45) is -1.66. The van der Waals surface area contributed by atoms with Crippen molar-refractivity contribution in [1.29, 1.82) is 0 Å². The van der Waals surface area contributed by atoms with Gasteiger partial charge in [0.1, 0.15) is 0 Å². The summed E-state index contributed by atoms with van der Waals surface area (Å²) in [5.41, 5.74) is -1.46. The van der Waals surface area contributed by atoms with Crippen LogP contribution in [0.4, 0.5) is 18.9 Å². The molecule has 0 aliphatic rings. The lowest BCUT2D eigenvalue weighted by atomic mass is 10.1. The number of hydrogen-bond acceptors (Lipinski definition) is 2. The number of anilines is 1. The fourth-order valence-corrected chi connectivity index (χ4v) is 1.99. The lowest BCUT2D eigenvalue weighted by molar-refractivity contribution is -0.138. The maximum atomic E-state index is 12.7. The summed E-state index contributed by atoms with van der Waals surface area (Å²) < 4.78 is 38.1. The van der Waals surface area contributed by atoms with Gasteiger partial charge in [-0.3, -0.25) is 0 Å². The minimum absolute atomic E-state index is 0.393. The summed E-state index contributed by atoms with van der Waals surface area (Å²) >= 11 is 0. The predicted molar refractivity (Wildman–Crippen MR) is 75.6 cm³/mol. The Morgan fingerprint density at radius 2 is 1.95 bits per heavy atom. The highest BCUT2D eigenvalue weighted by atomic mass is 19.4. The van der Waals surface area contributed by atoms with Gasteiger partial charge in [0, 0.05) is 12.2 Å². The highest BCUT2D eigenvalue weighted by Crippen LogP contribution is 2.33. The molecule has 0 saturated heterocycles. The summed E-state index contributed by atoms with van der Waals surface area (Å²) in [6, 6.07) is 3.10. The van der Waals surface area contributed by atoms with Crippen LogP contribution in [0.1, 0.15) is 49.0 Å². The van der Waals surface area contributed by atoms with Crippen molar-refractivity contribution in [3.05, 3.63) is 29.3 Å². The van der Waals surface area contributed by atoms with Gasteiger partial charge in [-0.05, 0) is 30.5 Å². The van der Waals surface area contributed by atoms with E-state index in [0.717, 1.165) is 31.4 Å². The van der Waals surface area contributed by atoms with E-state index in [1.54, 1.807) is 0 Å². The lowest BCUT2D eigenvalue weighted by Gasteiger charge is -2.13. The molecule has 3 nitrogen and oxygen atoms in total. The smallest absolute Gasteiger partial charge is 0.417 e. The number of benzene rings is 1. The molecule has 0 bridgehead atoms. The zero-order valence-corrected chi connectivity index (χ0v) is 12.1. The molecule has 118 valence electrons. The molecular formula is C15H20F3NO2. The number of aromatic carboxylic acids is 1. The zero-order valence-electron chi connectivity index (χ0n) is 12.1. The molecule has 0 aromatic heterocycles. The van der Waals surface area contributed by atoms with Crippen LogP contribution in [-0.4, -0.2) is 17.6 Å². The normalized spacial score (nSPS) is 11.7. The van der Waals surface area contributed by atoms with Gasteiger partial charge in [0.25, 0.3) is 0 Å². The van der Waals surface area contributed by atoms with Crippen molar-refractivity contribution in [2.45, 2.75) is 39.3 Å². The minimum Gasteiger partial charge on any atom is -0.478 e. The van der Waals surface area contributed by atoms with E-state index < -0.39 is 23.3 Å². The van der Waals surface area contributed by atoms with Crippen molar-refractivity contribution >= 4 is 11.7 Å². The number of hydrogen-bond donors (Lipinski definition) is 2. The van der Waals surface area contributed by atoms with E-state index in [0.29, 0.717) is 18.2 Å². The topological polar surface area (TPSA) is 49.3 Å². The average molecular weight is 303 g/mol. The molecule has 0 unspecified atom stereocenters. The number of carbonyl (C=O) groups is 1. The summed E-state index contributed by atoms with van der Waals surface area (Å²) in [5.74, 6) is -0.958. The molecule has 1 aromatic carbocycles. The average Bonchev–Trinajstić information content (AvgIpc) is 2.36. The highest BCUT2D eigenvalue weighted by molar-refractivity contribution is 5.91. The van der Waals surface area contributed by atoms with E-state index in [-0.39, 0.29) is 0 Å². The van der Waals surface area contributed by atoms with Crippen molar-refractivity contribution in [2.24, 2.45) is 5.92 Å². The molecule has 6 heteroatoms. The standard InChI is InChI=1S/C15H20F3NO2/c1-10(2)5-3-4-8-19-11-6-7-13(15(16,17)18)12(9-11)14(20)21/h6-7,9-10,19H,3-5,8H2,1-2H3,(H,20,21). The molecule has 0 spiro atoms. The van der Waals surface area contributed by atoms with Crippen LogP contribution in [0.25, 0.3) is 0 Å². The Labute approximate surface area is 122 Å². The van der Waals surface area contributed by atoms with Crippen LogP contribution >= 0.6 is 0 Å². The van der Waals surface area contributed by atoms with E-state index in [1.165, 1.54) is 6.07 Å². The predicted octanol–water partition coefficient (Wildman–Crippen LogP) is 4.64. The Hall–Kier alpha value is -1.72. The molecule has 0 fully saturated rings. The summed E-state index contributed by atoms with van der Waals surface area (Å²) in [4.78, 5) is 10.9. The van der Waals surface area contributed by atoms with Gasteiger partial charge in [0.05, 0.1) is 11.1 Å². The first-order valence-electron chi connectivity index (χ1n) is 6.90. The summed E-state index contributed by atoms with van der Waals surface area (Å²) in [7, 11) is 0. The molecule has 0 heterocycles. The van der Waals surface area contributed by atoms with Gasteiger partial charge in [0.2, 0.25) is 0 Å². The van der Waals surface area contributed by atoms with Crippen molar-refractivity contribution in [1.82, 2.24) is 0 Å². The van der Waals surface area contributed by atoms with E-state index >= 15 is 0 Å². The van der Waals surface area contributed by atoms with Gasteiger partial charge >= 0.3 is 12.1 Å². The first kappa shape index (κ1) is 17.3. The number of alkyl halides is 3. The number of halogens is 3. The molecule has 0 saturated carbocycles. The molecule has 0 amide bonds. The van der Waals surface area contributed by atoms with Crippen LogP contribution < -0.4 is 5.32 Å². The minimum atomic E-state index is -4.66. The van der Waals surface area contributed by atoms with Crippen LogP contribution in [0, 0.1) is 5.92 Å². The van der Waals surface area contributed by atoms with Gasteiger partial charge < -0.3 is 10.4 Å². The second-order valence-electron chi connectivity index (χ2n) is 5.38. The first-order chi connectivity index (χ1) is 9.71. The van der Waals surface area contributed by atoms with E-state index in [2.05, 4.69) is 19.2 Å². The SMILES string of the molecule is CC(C)CCCCNc1ccc(C(F)(F)F)c(C(=O)O)c1. The number of carboxylic acids is 1. The maximum absolute atomic E-state index is 12.7. The molecule has 0 atom stereocenters. The Bertz CT molecular complexity index is 484. The van der Waals surface area contributed by atoms with E-state index in [4.69, 9.17) is 5.11 Å². The third kappa shape index (κ3) is 5.65. The van der Waals surface area contributed by atoms with Gasteiger partial charge in [-0.15, -0.1) is 0 Å². The molecule has 2 N–H and O–H groups in total. The van der Waals surface area contributed by atoms with Crippen LogP contribution in [0.3, 0.4) is 0 Å². The van der Waals surface area contributed by atoms with Crippen molar-refractivity contribution in [2.75, 3.05) is 11.9 Å². The van der Waals surface area contributed by atoms with Crippen molar-refractivity contribution < 1.29 is 23.1 Å². The molecule has 0 aliphatic carbocycles. The number of nitrogens with one attached hydrogen (secondary N) is 1. The molecule has 1 aromatic rings. The Morgan fingerprint density at radius 3 is 2.48 bits per heavy atom. The third-order valence-corrected chi connectivity index (χ3v) is 3.09.